The summed E-state index contributed by atoms with van der Waals surface area (Å²) < 4.78 is 12.3. The average Bonchev–Trinajstić information content (AvgIpc) is 3.36. The van der Waals surface area contributed by atoms with Gasteiger partial charge in [0, 0.05) is 94.5 Å². The third kappa shape index (κ3) is 10.1. The fraction of sp³-hybridized carbons (Fsp3) is 0.556. The van der Waals surface area contributed by atoms with E-state index in [0.717, 1.165) is 29.4 Å². The number of ether oxygens (including phenoxy) is 2. The van der Waals surface area contributed by atoms with Crippen LogP contribution in [-0.4, -0.2) is 110 Å². The summed E-state index contributed by atoms with van der Waals surface area (Å²) in [5, 5.41) is 7.55. The van der Waals surface area contributed by atoms with E-state index in [4.69, 9.17) is 14.3 Å². The molecule has 1 aliphatic heterocycles. The molecule has 1 aromatic heterocycles. The number of hydrogen-bond acceptors (Lipinski definition) is 11. The van der Waals surface area contributed by atoms with E-state index < -0.39 is 5.91 Å². The molecule has 0 spiro atoms. The first kappa shape index (κ1) is 32.0. The van der Waals surface area contributed by atoms with E-state index in [9.17, 15) is 9.59 Å². The number of hydrogen-bond donors (Lipinski definition) is 1. The number of amides is 2. The maximum atomic E-state index is 13.3. The van der Waals surface area contributed by atoms with E-state index >= 15 is 0 Å². The lowest BCUT2D eigenvalue weighted by Crippen LogP contribution is -2.52. The van der Waals surface area contributed by atoms with Gasteiger partial charge in [0.15, 0.2) is 10.8 Å². The Bertz CT molecular complexity index is 1110. The Morgan fingerprint density at radius 2 is 1.93 bits per heavy atom. The number of oxime groups is 1. The molecule has 40 heavy (non-hydrogen) atoms. The Kier molecular flexibility index (Phi) is 13.3. The van der Waals surface area contributed by atoms with Crippen LogP contribution in [-0.2, 0) is 30.4 Å². The molecule has 13 heteroatoms. The molecule has 0 radical (unpaired) electrons. The van der Waals surface area contributed by atoms with Crippen LogP contribution in [0.5, 0.6) is 0 Å². The molecule has 0 unspecified atom stereocenters. The lowest BCUT2D eigenvalue weighted by atomic mass is 10.1. The molecule has 0 aliphatic carbocycles. The summed E-state index contributed by atoms with van der Waals surface area (Å²) >= 11 is 3.03. The van der Waals surface area contributed by atoms with Crippen molar-refractivity contribution in [2.24, 2.45) is 5.16 Å². The number of methoxy groups -OCH3 is 2. The molecule has 1 N–H and O–H groups in total. The normalized spacial score (nSPS) is 16.4. The number of nitrogens with one attached hydrogen (secondary N) is 1. The van der Waals surface area contributed by atoms with Crippen molar-refractivity contribution in [2.45, 2.75) is 37.8 Å². The molecule has 1 aromatic carbocycles. The topological polar surface area (TPSA) is 109 Å². The molecule has 0 bridgehead atoms. The number of anilines is 1. The highest BCUT2D eigenvalue weighted by atomic mass is 32.2. The van der Waals surface area contributed by atoms with Gasteiger partial charge < -0.3 is 19.2 Å². The predicted octanol–water partition coefficient (Wildman–Crippen LogP) is 3.18. The molecule has 2 aromatic rings. The number of carbonyl (C=O) groups is 2. The highest BCUT2D eigenvalue weighted by molar-refractivity contribution is 7.97. The van der Waals surface area contributed by atoms with Gasteiger partial charge in [-0.25, -0.2) is 9.29 Å². The lowest BCUT2D eigenvalue weighted by Gasteiger charge is -2.39. The fourth-order valence-electron chi connectivity index (χ4n) is 4.18. The first-order chi connectivity index (χ1) is 19.3. The van der Waals surface area contributed by atoms with Gasteiger partial charge in [-0.05, 0) is 38.1 Å². The van der Waals surface area contributed by atoms with Gasteiger partial charge in [-0.15, -0.1) is 11.3 Å². The molecule has 2 amide bonds. The van der Waals surface area contributed by atoms with Crippen molar-refractivity contribution in [2.75, 3.05) is 72.6 Å². The molecular weight excluding hydrogens is 552 g/mol. The lowest BCUT2D eigenvalue weighted by molar-refractivity contribution is -0.133. The summed E-state index contributed by atoms with van der Waals surface area (Å²) in [6.45, 7) is 9.02. The van der Waals surface area contributed by atoms with Crippen molar-refractivity contribution in [1.82, 2.24) is 19.1 Å². The van der Waals surface area contributed by atoms with Gasteiger partial charge >= 0.3 is 0 Å². The second-order valence-corrected chi connectivity index (χ2v) is 11.9. The summed E-state index contributed by atoms with van der Waals surface area (Å²) in [6.07, 6.45) is 2.44. The molecule has 1 atom stereocenters. The van der Waals surface area contributed by atoms with Gasteiger partial charge in [0.1, 0.15) is 6.61 Å². The smallest absolute Gasteiger partial charge is 0.280 e. The van der Waals surface area contributed by atoms with E-state index in [1.165, 1.54) is 11.3 Å². The van der Waals surface area contributed by atoms with Gasteiger partial charge in [0.05, 0.1) is 6.61 Å². The number of nitrogens with zero attached hydrogens (tertiary/aromatic N) is 5. The molecule has 11 nitrogen and oxygen atoms in total. The zero-order valence-corrected chi connectivity index (χ0v) is 25.6. The number of benzene rings is 1. The van der Waals surface area contributed by atoms with Crippen LogP contribution in [0, 0.1) is 0 Å². The first-order valence-corrected chi connectivity index (χ1v) is 14.8. The molecule has 0 saturated carbocycles. The van der Waals surface area contributed by atoms with Crippen LogP contribution in [0.2, 0.25) is 0 Å². The van der Waals surface area contributed by atoms with Crippen LogP contribution >= 0.6 is 23.3 Å². The summed E-state index contributed by atoms with van der Waals surface area (Å²) in [4.78, 5) is 41.2. The van der Waals surface area contributed by atoms with Crippen molar-refractivity contribution in [3.05, 3.63) is 40.9 Å². The Hall–Kier alpha value is -2.55. The van der Waals surface area contributed by atoms with Crippen molar-refractivity contribution in [1.29, 1.82) is 0 Å². The fourth-order valence-corrected chi connectivity index (χ4v) is 5.82. The zero-order chi connectivity index (χ0) is 28.9. The Morgan fingerprint density at radius 3 is 2.60 bits per heavy atom. The molecule has 1 aliphatic rings. The van der Waals surface area contributed by atoms with Crippen LogP contribution < -0.4 is 5.32 Å². The second-order valence-electron chi connectivity index (χ2n) is 9.46. The maximum absolute atomic E-state index is 13.3. The summed E-state index contributed by atoms with van der Waals surface area (Å²) in [5.41, 5.74) is 0.815. The summed E-state index contributed by atoms with van der Waals surface area (Å²) in [5.74, 6) is -0.285. The number of carbonyl (C=O) groups excluding carboxylic acids is 2. The Balaban J connectivity index is 1.64. The number of likely N-dealkylation sites (N-methyl/N-ethyl adjacent to an activating group) is 1. The van der Waals surface area contributed by atoms with Crippen LogP contribution in [0.1, 0.15) is 30.7 Å². The molecular formula is C27H40N6O5S2. The van der Waals surface area contributed by atoms with E-state index in [0.29, 0.717) is 50.0 Å². The van der Waals surface area contributed by atoms with Crippen LogP contribution in [0.4, 0.5) is 5.13 Å². The molecule has 220 valence electrons. The van der Waals surface area contributed by atoms with Crippen molar-refractivity contribution < 1.29 is 23.9 Å². The summed E-state index contributed by atoms with van der Waals surface area (Å²) in [6, 6.07) is 7.78. The summed E-state index contributed by atoms with van der Waals surface area (Å²) in [7, 11) is 5.31. The van der Waals surface area contributed by atoms with Gasteiger partial charge in [-0.3, -0.25) is 19.8 Å². The van der Waals surface area contributed by atoms with Gasteiger partial charge in [0.2, 0.25) is 5.91 Å². The maximum Gasteiger partial charge on any atom is 0.280 e. The largest absolute Gasteiger partial charge is 0.395 e. The quantitative estimate of drug-likeness (QED) is 0.144. The van der Waals surface area contributed by atoms with Gasteiger partial charge in [-0.1, -0.05) is 17.3 Å². The minimum absolute atomic E-state index is 0.109. The SMILES string of the molecule is COCCCO/N=C(/C(=O)Nc1ncc(CN2CCN(C(C)=O)[C@@H](C)C2)s1)c1ccc(SN(C)CCOC)cc1. The molecule has 2 heterocycles. The van der Waals surface area contributed by atoms with Crippen LogP contribution in [0.15, 0.2) is 40.5 Å². The van der Waals surface area contributed by atoms with E-state index in [1.807, 2.05) is 36.2 Å². The third-order valence-corrected chi connectivity index (χ3v) is 8.10. The number of thiazole rings is 1. The Labute approximate surface area is 245 Å². The van der Waals surface area contributed by atoms with Crippen molar-refractivity contribution in [3.8, 4) is 0 Å². The Morgan fingerprint density at radius 1 is 1.18 bits per heavy atom. The molecule has 1 saturated heterocycles. The third-order valence-electron chi connectivity index (χ3n) is 6.22. The minimum Gasteiger partial charge on any atom is -0.395 e. The highest BCUT2D eigenvalue weighted by Gasteiger charge is 2.26. The van der Waals surface area contributed by atoms with E-state index in [2.05, 4.69) is 31.6 Å². The molecule has 1 fully saturated rings. The van der Waals surface area contributed by atoms with Gasteiger partial charge in [0.25, 0.3) is 5.91 Å². The second kappa shape index (κ2) is 16.7. The number of rotatable bonds is 15. The van der Waals surface area contributed by atoms with Gasteiger partial charge in [-0.2, -0.15) is 0 Å². The number of piperazine rings is 1. The molecule has 3 rings (SSSR count). The van der Waals surface area contributed by atoms with Crippen LogP contribution in [0.3, 0.4) is 0 Å². The van der Waals surface area contributed by atoms with Crippen molar-refractivity contribution >= 4 is 45.9 Å². The highest BCUT2D eigenvalue weighted by Crippen LogP contribution is 2.24. The van der Waals surface area contributed by atoms with E-state index in [-0.39, 0.29) is 17.7 Å². The van der Waals surface area contributed by atoms with Crippen LogP contribution in [0.25, 0.3) is 0 Å². The first-order valence-electron chi connectivity index (χ1n) is 13.2. The zero-order valence-electron chi connectivity index (χ0n) is 23.9. The van der Waals surface area contributed by atoms with Crippen molar-refractivity contribution in [3.63, 3.8) is 0 Å². The standard InChI is InChI=1S/C27H40N6O5S2/c1-20-18-32(11-12-33(20)21(2)34)19-24-17-28-27(39-24)29-26(35)25(30-38-15-6-14-36-4)22-7-9-23(10-8-22)40-31(3)13-16-37-5/h7-10,17,20H,6,11-16,18-19H2,1-5H3,(H,28,29,35)/b30-25+/t20-/m0/s1. The monoisotopic (exact) mass is 592 g/mol. The predicted molar refractivity (Wildman–Crippen MR) is 159 cm³/mol. The number of aromatic nitrogens is 1. The van der Waals surface area contributed by atoms with E-state index in [1.54, 1.807) is 39.3 Å². The minimum atomic E-state index is -0.394. The average molecular weight is 593 g/mol.